The summed E-state index contributed by atoms with van der Waals surface area (Å²) in [5, 5.41) is 0. The zero-order valence-corrected chi connectivity index (χ0v) is 7.35. The van der Waals surface area contributed by atoms with Crippen LogP contribution in [0.15, 0.2) is 0 Å². The highest BCUT2D eigenvalue weighted by molar-refractivity contribution is 7.80. The third-order valence-electron chi connectivity index (χ3n) is 1.17. The molecule has 0 aliphatic rings. The maximum atomic E-state index is 9.09. The molecule has 1 nitrogen and oxygen atoms in total. The Hall–Kier alpha value is 0.527. The van der Waals surface area contributed by atoms with Crippen molar-refractivity contribution in [3.8, 4) is 0 Å². The fourth-order valence-corrected chi connectivity index (χ4v) is 2.14. The monoisotopic (exact) mass is 150 g/mol. The third-order valence-corrected chi connectivity index (χ3v) is 3.50. The van der Waals surface area contributed by atoms with Gasteiger partial charge in [-0.25, -0.2) is 0 Å². The molecule has 0 bridgehead atoms. The zero-order valence-electron chi connectivity index (χ0n) is 5.30. The minimum atomic E-state index is -1.25. The molecule has 0 aromatic rings. The molecule has 1 N–H and O–H groups in total. The highest BCUT2D eigenvalue weighted by atomic mass is 32.1. The Balaban J connectivity index is 2.86. The van der Waals surface area contributed by atoms with E-state index in [1.165, 1.54) is 0 Å². The van der Waals surface area contributed by atoms with Crippen LogP contribution in [-0.2, 0) is 0 Å². The first-order valence-electron chi connectivity index (χ1n) is 3.10. The van der Waals surface area contributed by atoms with Gasteiger partial charge in [-0.1, -0.05) is 6.92 Å². The van der Waals surface area contributed by atoms with Gasteiger partial charge in [0.2, 0.25) is 0 Å². The predicted octanol–water partition coefficient (Wildman–Crippen LogP) is 1.04. The minimum absolute atomic E-state index is 0.921. The maximum absolute atomic E-state index is 9.09. The Labute approximate surface area is 58.2 Å². The van der Waals surface area contributed by atoms with E-state index in [-0.39, 0.29) is 0 Å². The molecule has 3 heteroatoms. The van der Waals surface area contributed by atoms with Gasteiger partial charge in [0, 0.05) is 0 Å². The van der Waals surface area contributed by atoms with Crippen molar-refractivity contribution >= 4 is 21.7 Å². The molecule has 0 saturated heterocycles. The summed E-state index contributed by atoms with van der Waals surface area (Å²) >= 11 is 4.05. The maximum Gasteiger partial charge on any atom is 0.172 e. The minimum Gasteiger partial charge on any atom is -0.435 e. The molecule has 0 heterocycles. The Morgan fingerprint density at radius 3 is 2.62 bits per heavy atom. The van der Waals surface area contributed by atoms with Crippen molar-refractivity contribution in [3.05, 3.63) is 0 Å². The van der Waals surface area contributed by atoms with Crippen LogP contribution in [0.5, 0.6) is 0 Å². The molecule has 8 heavy (non-hydrogen) atoms. The lowest BCUT2D eigenvalue weighted by atomic mass is 10.6. The molecule has 50 valence electrons. The summed E-state index contributed by atoms with van der Waals surface area (Å²) in [6.45, 7) is 2.05. The SMILES string of the molecule is CC[SiH](O)CCCS. The van der Waals surface area contributed by atoms with Crippen molar-refractivity contribution in [1.82, 2.24) is 0 Å². The standard InChI is InChI=1S/C5H14OSSi/c1-2-8(6)5-3-4-7/h6-8H,2-5H2,1H3. The van der Waals surface area contributed by atoms with Crippen molar-refractivity contribution in [2.75, 3.05) is 5.75 Å². The van der Waals surface area contributed by atoms with E-state index in [0.29, 0.717) is 0 Å². The molecule has 0 aromatic carbocycles. The lowest BCUT2D eigenvalue weighted by molar-refractivity contribution is 0.566. The van der Waals surface area contributed by atoms with Gasteiger partial charge in [0.25, 0.3) is 0 Å². The highest BCUT2D eigenvalue weighted by Gasteiger charge is 2.00. The first-order chi connectivity index (χ1) is 3.81. The quantitative estimate of drug-likeness (QED) is 0.453. The van der Waals surface area contributed by atoms with E-state index in [1.54, 1.807) is 0 Å². The molecule has 1 unspecified atom stereocenters. The van der Waals surface area contributed by atoms with E-state index in [1.807, 2.05) is 0 Å². The third kappa shape index (κ3) is 4.68. The summed E-state index contributed by atoms with van der Waals surface area (Å²) in [5.74, 6) is 0.921. The summed E-state index contributed by atoms with van der Waals surface area (Å²) in [7, 11) is -1.25. The van der Waals surface area contributed by atoms with E-state index in [4.69, 9.17) is 4.80 Å². The predicted molar refractivity (Wildman–Crippen MR) is 43.1 cm³/mol. The molecule has 0 aliphatic carbocycles. The van der Waals surface area contributed by atoms with Gasteiger partial charge in [-0.3, -0.25) is 0 Å². The van der Waals surface area contributed by atoms with Crippen LogP contribution in [0.25, 0.3) is 0 Å². The van der Waals surface area contributed by atoms with E-state index < -0.39 is 9.04 Å². The molecule has 0 rings (SSSR count). The van der Waals surface area contributed by atoms with Gasteiger partial charge in [0.1, 0.15) is 0 Å². The summed E-state index contributed by atoms with van der Waals surface area (Å²) in [6, 6.07) is 2.05. The zero-order chi connectivity index (χ0) is 6.41. The molecule has 0 amide bonds. The Kier molecular flexibility index (Phi) is 6.03. The van der Waals surface area contributed by atoms with Crippen LogP contribution in [0.1, 0.15) is 13.3 Å². The van der Waals surface area contributed by atoms with Gasteiger partial charge in [-0.2, -0.15) is 12.6 Å². The van der Waals surface area contributed by atoms with Crippen LogP contribution in [0.3, 0.4) is 0 Å². The lowest BCUT2D eigenvalue weighted by Crippen LogP contribution is -2.08. The summed E-state index contributed by atoms with van der Waals surface area (Å²) < 4.78 is 0. The van der Waals surface area contributed by atoms with Crippen LogP contribution in [-0.4, -0.2) is 19.6 Å². The lowest BCUT2D eigenvalue weighted by Gasteiger charge is -2.00. The number of hydrogen-bond donors (Lipinski definition) is 2. The van der Waals surface area contributed by atoms with Crippen molar-refractivity contribution in [3.63, 3.8) is 0 Å². The Morgan fingerprint density at radius 2 is 2.25 bits per heavy atom. The molecule has 0 fully saturated rings. The summed E-state index contributed by atoms with van der Waals surface area (Å²) in [6.07, 6.45) is 1.09. The Bertz CT molecular complexity index is 51.7. The molecular weight excluding hydrogens is 136 g/mol. The van der Waals surface area contributed by atoms with Gasteiger partial charge in [-0.05, 0) is 24.3 Å². The van der Waals surface area contributed by atoms with E-state index in [2.05, 4.69) is 19.6 Å². The molecule has 0 radical (unpaired) electrons. The van der Waals surface area contributed by atoms with Gasteiger partial charge >= 0.3 is 0 Å². The second-order valence-corrected chi connectivity index (χ2v) is 5.08. The molecule has 0 aromatic heterocycles. The fourth-order valence-electron chi connectivity index (χ4n) is 0.531. The molecule has 1 atom stereocenters. The molecular formula is C5H14OSSi. The average Bonchev–Trinajstić information content (AvgIpc) is 1.83. The second-order valence-electron chi connectivity index (χ2n) is 1.93. The van der Waals surface area contributed by atoms with Gasteiger partial charge in [0.05, 0.1) is 0 Å². The van der Waals surface area contributed by atoms with Crippen LogP contribution in [0.4, 0.5) is 0 Å². The fraction of sp³-hybridized carbons (Fsp3) is 1.00. The summed E-state index contributed by atoms with van der Waals surface area (Å²) in [5.41, 5.74) is 0. The van der Waals surface area contributed by atoms with E-state index in [0.717, 1.165) is 24.3 Å². The molecule has 0 saturated carbocycles. The average molecular weight is 150 g/mol. The largest absolute Gasteiger partial charge is 0.435 e. The van der Waals surface area contributed by atoms with Gasteiger partial charge < -0.3 is 4.80 Å². The molecule has 0 aliphatic heterocycles. The molecule has 0 spiro atoms. The van der Waals surface area contributed by atoms with E-state index >= 15 is 0 Å². The van der Waals surface area contributed by atoms with Gasteiger partial charge in [0.15, 0.2) is 9.04 Å². The van der Waals surface area contributed by atoms with Crippen molar-refractivity contribution in [1.29, 1.82) is 0 Å². The number of hydrogen-bond acceptors (Lipinski definition) is 2. The highest BCUT2D eigenvalue weighted by Crippen LogP contribution is 1.99. The topological polar surface area (TPSA) is 20.2 Å². The van der Waals surface area contributed by atoms with Crippen LogP contribution in [0, 0.1) is 0 Å². The van der Waals surface area contributed by atoms with Crippen molar-refractivity contribution < 1.29 is 4.80 Å². The number of rotatable bonds is 4. The normalized spacial score (nSPS) is 13.9. The smallest absolute Gasteiger partial charge is 0.172 e. The summed E-state index contributed by atoms with van der Waals surface area (Å²) in [4.78, 5) is 9.09. The van der Waals surface area contributed by atoms with Crippen molar-refractivity contribution in [2.45, 2.75) is 25.4 Å². The van der Waals surface area contributed by atoms with E-state index in [9.17, 15) is 0 Å². The second kappa shape index (κ2) is 5.66. The Morgan fingerprint density at radius 1 is 1.62 bits per heavy atom. The van der Waals surface area contributed by atoms with Crippen LogP contribution >= 0.6 is 12.6 Å². The van der Waals surface area contributed by atoms with Crippen LogP contribution < -0.4 is 0 Å². The van der Waals surface area contributed by atoms with Gasteiger partial charge in [-0.15, -0.1) is 0 Å². The van der Waals surface area contributed by atoms with Crippen molar-refractivity contribution in [2.24, 2.45) is 0 Å². The first-order valence-corrected chi connectivity index (χ1v) is 5.88. The number of thiol groups is 1. The first kappa shape index (κ1) is 8.53. The van der Waals surface area contributed by atoms with Crippen LogP contribution in [0.2, 0.25) is 12.1 Å².